The van der Waals surface area contributed by atoms with Crippen LogP contribution in [0.3, 0.4) is 0 Å². The number of hydrogen-bond acceptors (Lipinski definition) is 5. The SMILES string of the molecule is Cc1ccc(NC(=O)CSC2NNC(Cc3ccccc3)C(=O)N2)cc1C. The molecule has 1 fully saturated rings. The van der Waals surface area contributed by atoms with Crippen LogP contribution in [0.15, 0.2) is 48.5 Å². The summed E-state index contributed by atoms with van der Waals surface area (Å²) in [5, 5.41) is 5.77. The van der Waals surface area contributed by atoms with Crippen molar-refractivity contribution in [1.29, 1.82) is 0 Å². The maximum Gasteiger partial charge on any atom is 0.240 e. The molecule has 1 aliphatic rings. The first-order valence-electron chi connectivity index (χ1n) is 8.85. The standard InChI is InChI=1S/C20H24N4O2S/c1-13-8-9-16(10-14(13)2)21-18(25)12-27-20-22-19(26)17(23-24-20)11-15-6-4-3-5-7-15/h3-10,17,20,23-24H,11-12H2,1-2H3,(H,21,25)(H,22,26). The molecule has 27 heavy (non-hydrogen) atoms. The van der Waals surface area contributed by atoms with Crippen LogP contribution in [0.5, 0.6) is 0 Å². The van der Waals surface area contributed by atoms with Crippen LogP contribution in [0.2, 0.25) is 0 Å². The lowest BCUT2D eigenvalue weighted by Crippen LogP contribution is -2.64. The van der Waals surface area contributed by atoms with Crippen molar-refractivity contribution in [3.8, 4) is 0 Å². The summed E-state index contributed by atoms with van der Waals surface area (Å²) in [4.78, 5) is 24.4. The molecule has 0 bridgehead atoms. The quantitative estimate of drug-likeness (QED) is 0.613. The molecule has 4 N–H and O–H groups in total. The number of amides is 2. The van der Waals surface area contributed by atoms with Crippen molar-refractivity contribution in [3.05, 3.63) is 65.2 Å². The third-order valence-corrected chi connectivity index (χ3v) is 5.43. The molecule has 0 aliphatic carbocycles. The highest BCUT2D eigenvalue weighted by atomic mass is 32.2. The summed E-state index contributed by atoms with van der Waals surface area (Å²) in [6, 6.07) is 15.3. The Morgan fingerprint density at radius 2 is 1.85 bits per heavy atom. The first-order valence-corrected chi connectivity index (χ1v) is 9.90. The second-order valence-corrected chi connectivity index (χ2v) is 7.67. The van der Waals surface area contributed by atoms with E-state index in [0.717, 1.165) is 16.8 Å². The molecule has 0 aromatic heterocycles. The van der Waals surface area contributed by atoms with Crippen molar-refractivity contribution in [3.63, 3.8) is 0 Å². The Balaban J connectivity index is 1.43. The van der Waals surface area contributed by atoms with Gasteiger partial charge in [-0.25, -0.2) is 10.9 Å². The zero-order chi connectivity index (χ0) is 19.2. The minimum atomic E-state index is -0.352. The van der Waals surface area contributed by atoms with Gasteiger partial charge in [0.05, 0.1) is 5.75 Å². The number of hydrogen-bond donors (Lipinski definition) is 4. The van der Waals surface area contributed by atoms with E-state index < -0.39 is 0 Å². The van der Waals surface area contributed by atoms with E-state index in [4.69, 9.17) is 0 Å². The summed E-state index contributed by atoms with van der Waals surface area (Å²) in [6.45, 7) is 4.05. The lowest BCUT2D eigenvalue weighted by atomic mass is 10.1. The van der Waals surface area contributed by atoms with Gasteiger partial charge in [-0.15, -0.1) is 11.8 Å². The van der Waals surface area contributed by atoms with Crippen LogP contribution in [0, 0.1) is 13.8 Å². The predicted octanol–water partition coefficient (Wildman–Crippen LogP) is 2.09. The van der Waals surface area contributed by atoms with Crippen molar-refractivity contribution in [2.24, 2.45) is 0 Å². The van der Waals surface area contributed by atoms with Crippen molar-refractivity contribution < 1.29 is 9.59 Å². The van der Waals surface area contributed by atoms with Crippen molar-refractivity contribution >= 4 is 29.3 Å². The fourth-order valence-corrected chi connectivity index (χ4v) is 3.50. The summed E-state index contributed by atoms with van der Waals surface area (Å²) >= 11 is 1.33. The number of carbonyl (C=O) groups is 2. The van der Waals surface area contributed by atoms with Gasteiger partial charge in [-0.3, -0.25) is 9.59 Å². The highest BCUT2D eigenvalue weighted by molar-refractivity contribution is 8.00. The molecule has 2 atom stereocenters. The fourth-order valence-electron chi connectivity index (χ4n) is 2.76. The average Bonchev–Trinajstić information content (AvgIpc) is 2.66. The largest absolute Gasteiger partial charge is 0.329 e. The second-order valence-electron chi connectivity index (χ2n) is 6.58. The fraction of sp³-hybridized carbons (Fsp3) is 0.300. The van der Waals surface area contributed by atoms with Gasteiger partial charge in [0.1, 0.15) is 11.5 Å². The van der Waals surface area contributed by atoms with Crippen LogP contribution in [0.4, 0.5) is 5.69 Å². The molecule has 2 amide bonds. The predicted molar refractivity (Wildman–Crippen MR) is 109 cm³/mol. The van der Waals surface area contributed by atoms with Crippen LogP contribution in [-0.2, 0) is 16.0 Å². The monoisotopic (exact) mass is 384 g/mol. The Morgan fingerprint density at radius 3 is 2.56 bits per heavy atom. The summed E-state index contributed by atoms with van der Waals surface area (Å²) < 4.78 is 0. The Morgan fingerprint density at radius 1 is 1.07 bits per heavy atom. The minimum absolute atomic E-state index is 0.0790. The Bertz CT molecular complexity index is 813. The summed E-state index contributed by atoms with van der Waals surface area (Å²) in [5.74, 6) is 0.0472. The van der Waals surface area contributed by atoms with Gasteiger partial charge >= 0.3 is 0 Å². The third-order valence-electron chi connectivity index (χ3n) is 4.43. The lowest BCUT2D eigenvalue weighted by molar-refractivity contribution is -0.125. The van der Waals surface area contributed by atoms with E-state index in [2.05, 4.69) is 21.5 Å². The van der Waals surface area contributed by atoms with E-state index in [1.807, 2.05) is 62.4 Å². The zero-order valence-corrected chi connectivity index (χ0v) is 16.2. The molecule has 2 aromatic rings. The van der Waals surface area contributed by atoms with Gasteiger partial charge in [0.25, 0.3) is 0 Å². The molecule has 7 heteroatoms. The molecule has 142 valence electrons. The van der Waals surface area contributed by atoms with Crippen LogP contribution >= 0.6 is 11.8 Å². The first-order chi connectivity index (χ1) is 13.0. The third kappa shape index (κ3) is 5.56. The number of rotatable bonds is 6. The molecular formula is C20H24N4O2S. The van der Waals surface area contributed by atoms with E-state index >= 15 is 0 Å². The molecule has 3 rings (SSSR count). The molecule has 1 saturated heterocycles. The number of hydrazine groups is 1. The molecule has 2 aromatic carbocycles. The Hall–Kier alpha value is -2.35. The Labute approximate surface area is 163 Å². The van der Waals surface area contributed by atoms with Crippen molar-refractivity contribution in [2.45, 2.75) is 31.8 Å². The van der Waals surface area contributed by atoms with E-state index in [1.165, 1.54) is 17.3 Å². The average molecular weight is 385 g/mol. The number of carbonyl (C=O) groups excluding carboxylic acids is 2. The highest BCUT2D eigenvalue weighted by Gasteiger charge is 2.27. The van der Waals surface area contributed by atoms with Gasteiger partial charge in [0.2, 0.25) is 11.8 Å². The van der Waals surface area contributed by atoms with E-state index in [1.54, 1.807) is 0 Å². The lowest BCUT2D eigenvalue weighted by Gasteiger charge is -2.31. The van der Waals surface area contributed by atoms with E-state index in [9.17, 15) is 9.59 Å². The van der Waals surface area contributed by atoms with Gasteiger partial charge in [-0.05, 0) is 49.1 Å². The van der Waals surface area contributed by atoms with Crippen LogP contribution in [-0.4, -0.2) is 29.1 Å². The minimum Gasteiger partial charge on any atom is -0.329 e. The molecule has 6 nitrogen and oxygen atoms in total. The molecule has 0 radical (unpaired) electrons. The molecule has 1 heterocycles. The molecule has 0 saturated carbocycles. The van der Waals surface area contributed by atoms with Crippen LogP contribution in [0.25, 0.3) is 0 Å². The summed E-state index contributed by atoms with van der Waals surface area (Å²) in [6.07, 6.45) is 0.602. The van der Waals surface area contributed by atoms with Crippen LogP contribution < -0.4 is 21.5 Å². The van der Waals surface area contributed by atoms with Gasteiger partial charge in [0.15, 0.2) is 0 Å². The van der Waals surface area contributed by atoms with Crippen molar-refractivity contribution in [1.82, 2.24) is 16.2 Å². The Kier molecular flexibility index (Phi) is 6.49. The molecule has 2 unspecified atom stereocenters. The number of thioether (sulfide) groups is 1. The van der Waals surface area contributed by atoms with Gasteiger partial charge in [-0.1, -0.05) is 36.4 Å². The van der Waals surface area contributed by atoms with Crippen molar-refractivity contribution in [2.75, 3.05) is 11.1 Å². The van der Waals surface area contributed by atoms with E-state index in [0.29, 0.717) is 6.42 Å². The number of aryl methyl sites for hydroxylation is 2. The zero-order valence-electron chi connectivity index (χ0n) is 15.4. The van der Waals surface area contributed by atoms with Gasteiger partial charge < -0.3 is 10.6 Å². The number of benzene rings is 2. The smallest absolute Gasteiger partial charge is 0.240 e. The van der Waals surface area contributed by atoms with Gasteiger partial charge in [0, 0.05) is 5.69 Å². The number of nitrogens with one attached hydrogen (secondary N) is 4. The maximum atomic E-state index is 12.3. The second kappa shape index (κ2) is 9.03. The molecular weight excluding hydrogens is 360 g/mol. The normalized spacial score (nSPS) is 19.4. The first kappa shape index (κ1) is 19.4. The van der Waals surface area contributed by atoms with Crippen LogP contribution in [0.1, 0.15) is 16.7 Å². The summed E-state index contributed by atoms with van der Waals surface area (Å²) in [5.41, 5.74) is 9.94. The molecule has 1 aliphatic heterocycles. The summed E-state index contributed by atoms with van der Waals surface area (Å²) in [7, 11) is 0. The number of anilines is 1. The highest BCUT2D eigenvalue weighted by Crippen LogP contribution is 2.15. The molecule has 0 spiro atoms. The van der Waals surface area contributed by atoms with E-state index in [-0.39, 0.29) is 29.1 Å². The van der Waals surface area contributed by atoms with Gasteiger partial charge in [-0.2, -0.15) is 0 Å². The maximum absolute atomic E-state index is 12.3. The topological polar surface area (TPSA) is 82.3 Å².